The smallest absolute Gasteiger partial charge is 0.0785 e. The Morgan fingerprint density at radius 1 is 1.33 bits per heavy atom. The summed E-state index contributed by atoms with van der Waals surface area (Å²) in [7, 11) is 1.63. The van der Waals surface area contributed by atoms with E-state index in [9.17, 15) is 5.11 Å². The number of hydrogen-bond acceptors (Lipinski definition) is 3. The summed E-state index contributed by atoms with van der Waals surface area (Å²) >= 11 is 0. The molecule has 18 heavy (non-hydrogen) atoms. The van der Waals surface area contributed by atoms with Crippen LogP contribution in [0.15, 0.2) is 0 Å². The maximum Gasteiger partial charge on any atom is 0.0785 e. The zero-order chi connectivity index (χ0) is 13.4. The summed E-state index contributed by atoms with van der Waals surface area (Å²) in [4.78, 5) is 0. The van der Waals surface area contributed by atoms with Crippen LogP contribution in [-0.4, -0.2) is 37.5 Å². The van der Waals surface area contributed by atoms with E-state index in [4.69, 9.17) is 4.74 Å². The second-order valence-corrected chi connectivity index (χ2v) is 6.21. The van der Waals surface area contributed by atoms with Crippen molar-refractivity contribution in [2.75, 3.05) is 20.3 Å². The third-order valence-corrected chi connectivity index (χ3v) is 3.86. The van der Waals surface area contributed by atoms with Gasteiger partial charge >= 0.3 is 0 Å². The van der Waals surface area contributed by atoms with Gasteiger partial charge in [-0.05, 0) is 44.1 Å². The number of ether oxygens (including phenoxy) is 1. The Kier molecular flexibility index (Phi) is 7.87. The van der Waals surface area contributed by atoms with Crippen molar-refractivity contribution in [3.05, 3.63) is 0 Å². The van der Waals surface area contributed by atoms with E-state index in [1.165, 1.54) is 32.1 Å². The summed E-state index contributed by atoms with van der Waals surface area (Å²) in [6.07, 6.45) is 7.22. The summed E-state index contributed by atoms with van der Waals surface area (Å²) in [6, 6.07) is 0.664. The van der Waals surface area contributed by atoms with Crippen LogP contribution in [0.2, 0.25) is 0 Å². The van der Waals surface area contributed by atoms with E-state index >= 15 is 0 Å². The predicted molar refractivity (Wildman–Crippen MR) is 75.7 cm³/mol. The van der Waals surface area contributed by atoms with Crippen LogP contribution >= 0.6 is 0 Å². The number of aliphatic hydroxyl groups is 1. The van der Waals surface area contributed by atoms with Crippen molar-refractivity contribution < 1.29 is 9.84 Å². The van der Waals surface area contributed by atoms with Gasteiger partial charge in [0.05, 0.1) is 12.7 Å². The van der Waals surface area contributed by atoms with E-state index in [-0.39, 0.29) is 6.10 Å². The van der Waals surface area contributed by atoms with Crippen LogP contribution in [0.25, 0.3) is 0 Å². The van der Waals surface area contributed by atoms with Crippen LogP contribution in [0.4, 0.5) is 0 Å². The minimum atomic E-state index is -0.322. The van der Waals surface area contributed by atoms with Crippen LogP contribution in [0.5, 0.6) is 0 Å². The molecule has 1 aliphatic rings. The molecule has 1 rings (SSSR count). The third kappa shape index (κ3) is 6.72. The standard InChI is InChI=1S/C15H31NO2/c1-12(2)9-13-5-4-6-14(10-13)16-8-7-15(17)11-18-3/h12-17H,4-11H2,1-3H3. The molecule has 1 fully saturated rings. The highest BCUT2D eigenvalue weighted by Gasteiger charge is 2.22. The van der Waals surface area contributed by atoms with Crippen LogP contribution in [0.3, 0.4) is 0 Å². The lowest BCUT2D eigenvalue weighted by molar-refractivity contribution is 0.0584. The number of rotatable bonds is 8. The highest BCUT2D eigenvalue weighted by atomic mass is 16.5. The topological polar surface area (TPSA) is 41.5 Å². The Labute approximate surface area is 112 Å². The summed E-state index contributed by atoms with van der Waals surface area (Å²) in [5.41, 5.74) is 0. The fourth-order valence-corrected chi connectivity index (χ4v) is 3.09. The van der Waals surface area contributed by atoms with Crippen LogP contribution in [0.1, 0.15) is 52.4 Å². The van der Waals surface area contributed by atoms with Gasteiger partial charge in [0.1, 0.15) is 0 Å². The largest absolute Gasteiger partial charge is 0.391 e. The summed E-state index contributed by atoms with van der Waals surface area (Å²) in [5, 5.41) is 13.2. The molecule has 0 radical (unpaired) electrons. The van der Waals surface area contributed by atoms with Gasteiger partial charge in [0.25, 0.3) is 0 Å². The SMILES string of the molecule is COCC(O)CCNC1CCCC(CC(C)C)C1. The molecule has 0 saturated heterocycles. The number of hydrogen-bond donors (Lipinski definition) is 2. The van der Waals surface area contributed by atoms with Gasteiger partial charge in [-0.15, -0.1) is 0 Å². The Hall–Kier alpha value is -0.120. The van der Waals surface area contributed by atoms with E-state index < -0.39 is 0 Å². The van der Waals surface area contributed by atoms with Gasteiger partial charge in [0.2, 0.25) is 0 Å². The molecule has 3 nitrogen and oxygen atoms in total. The fraction of sp³-hybridized carbons (Fsp3) is 1.00. The highest BCUT2D eigenvalue weighted by molar-refractivity contribution is 4.78. The molecule has 0 heterocycles. The molecule has 0 aromatic rings. The molecule has 0 aromatic heterocycles. The minimum Gasteiger partial charge on any atom is -0.391 e. The molecule has 3 unspecified atom stereocenters. The summed E-state index contributed by atoms with van der Waals surface area (Å²) in [6.45, 7) is 5.99. The maximum absolute atomic E-state index is 9.58. The molecule has 1 saturated carbocycles. The lowest BCUT2D eigenvalue weighted by atomic mass is 9.81. The van der Waals surface area contributed by atoms with Gasteiger partial charge in [-0.25, -0.2) is 0 Å². The van der Waals surface area contributed by atoms with Gasteiger partial charge in [-0.1, -0.05) is 26.7 Å². The molecule has 3 heteroatoms. The summed E-state index contributed by atoms with van der Waals surface area (Å²) < 4.78 is 4.93. The first-order valence-corrected chi connectivity index (χ1v) is 7.52. The van der Waals surface area contributed by atoms with Gasteiger partial charge in [-0.3, -0.25) is 0 Å². The van der Waals surface area contributed by atoms with E-state index in [0.717, 1.165) is 24.8 Å². The van der Waals surface area contributed by atoms with Crippen molar-refractivity contribution in [2.24, 2.45) is 11.8 Å². The lowest BCUT2D eigenvalue weighted by Gasteiger charge is -2.31. The van der Waals surface area contributed by atoms with Crippen LogP contribution in [-0.2, 0) is 4.74 Å². The molecular weight excluding hydrogens is 226 g/mol. The Bertz CT molecular complexity index is 209. The molecule has 1 aliphatic carbocycles. The normalized spacial score (nSPS) is 26.5. The van der Waals surface area contributed by atoms with Crippen molar-refractivity contribution in [1.29, 1.82) is 0 Å². The Balaban J connectivity index is 2.14. The zero-order valence-corrected chi connectivity index (χ0v) is 12.3. The van der Waals surface area contributed by atoms with Gasteiger partial charge < -0.3 is 15.2 Å². The monoisotopic (exact) mass is 257 g/mol. The Morgan fingerprint density at radius 2 is 2.11 bits per heavy atom. The molecule has 0 aromatic carbocycles. The quantitative estimate of drug-likeness (QED) is 0.702. The van der Waals surface area contributed by atoms with Crippen molar-refractivity contribution >= 4 is 0 Å². The first-order chi connectivity index (χ1) is 8.61. The molecular formula is C15H31NO2. The minimum absolute atomic E-state index is 0.322. The van der Waals surface area contributed by atoms with Gasteiger partial charge in [-0.2, -0.15) is 0 Å². The predicted octanol–water partition coefficient (Wildman–Crippen LogP) is 2.58. The molecule has 0 spiro atoms. The second kappa shape index (κ2) is 8.89. The summed E-state index contributed by atoms with van der Waals surface area (Å²) in [5.74, 6) is 1.72. The highest BCUT2D eigenvalue weighted by Crippen LogP contribution is 2.29. The van der Waals surface area contributed by atoms with Crippen molar-refractivity contribution in [3.8, 4) is 0 Å². The van der Waals surface area contributed by atoms with E-state index in [1.54, 1.807) is 7.11 Å². The third-order valence-electron chi connectivity index (χ3n) is 3.86. The Morgan fingerprint density at radius 3 is 2.78 bits per heavy atom. The van der Waals surface area contributed by atoms with Crippen LogP contribution in [0, 0.1) is 11.8 Å². The average molecular weight is 257 g/mol. The zero-order valence-electron chi connectivity index (χ0n) is 12.3. The van der Waals surface area contributed by atoms with E-state index in [2.05, 4.69) is 19.2 Å². The maximum atomic E-state index is 9.58. The fourth-order valence-electron chi connectivity index (χ4n) is 3.09. The number of methoxy groups -OCH3 is 1. The van der Waals surface area contributed by atoms with E-state index in [0.29, 0.717) is 12.6 Å². The number of nitrogens with one attached hydrogen (secondary N) is 1. The molecule has 0 aliphatic heterocycles. The molecule has 0 amide bonds. The first-order valence-electron chi connectivity index (χ1n) is 7.52. The van der Waals surface area contributed by atoms with E-state index in [1.807, 2.05) is 0 Å². The molecule has 108 valence electrons. The van der Waals surface area contributed by atoms with Gasteiger partial charge in [0.15, 0.2) is 0 Å². The molecule has 3 atom stereocenters. The first kappa shape index (κ1) is 15.9. The molecule has 0 bridgehead atoms. The lowest BCUT2D eigenvalue weighted by Crippen LogP contribution is -2.36. The number of aliphatic hydroxyl groups excluding tert-OH is 1. The van der Waals surface area contributed by atoms with Crippen molar-refractivity contribution in [1.82, 2.24) is 5.32 Å². The second-order valence-electron chi connectivity index (χ2n) is 6.21. The van der Waals surface area contributed by atoms with Crippen LogP contribution < -0.4 is 5.32 Å². The average Bonchev–Trinajstić information content (AvgIpc) is 2.29. The van der Waals surface area contributed by atoms with Crippen molar-refractivity contribution in [3.63, 3.8) is 0 Å². The van der Waals surface area contributed by atoms with Gasteiger partial charge in [0, 0.05) is 13.2 Å². The van der Waals surface area contributed by atoms with Crippen molar-refractivity contribution in [2.45, 2.75) is 64.5 Å². The molecule has 2 N–H and O–H groups in total.